The summed E-state index contributed by atoms with van der Waals surface area (Å²) in [5, 5.41) is 2.69. The van der Waals surface area contributed by atoms with E-state index in [1.165, 1.54) is 12.8 Å². The Bertz CT molecular complexity index is 1300. The third kappa shape index (κ3) is 6.32. The number of halogens is 1. The second kappa shape index (κ2) is 10.7. The summed E-state index contributed by atoms with van der Waals surface area (Å²) in [6.07, 6.45) is 7.58. The van der Waals surface area contributed by atoms with Crippen molar-refractivity contribution in [1.29, 1.82) is 0 Å². The normalized spacial score (nSPS) is 18.2. The molecule has 0 spiro atoms. The molecule has 1 unspecified atom stereocenters. The molecule has 6 heteroatoms. The van der Waals surface area contributed by atoms with Gasteiger partial charge in [-0.2, -0.15) is 0 Å². The number of piperidine rings is 1. The minimum atomic E-state index is -0.0116. The van der Waals surface area contributed by atoms with E-state index in [1.807, 2.05) is 29.3 Å². The summed E-state index contributed by atoms with van der Waals surface area (Å²) in [5.74, 6) is 1.27. The number of Topliss-reactive ketones (excluding diaryl/α,β-unsaturated/α-hetero) is 1. The first kappa shape index (κ1) is 26.1. The summed E-state index contributed by atoms with van der Waals surface area (Å²) >= 11 is 8.40. The number of hydrogen-bond acceptors (Lipinski definition) is 4. The Morgan fingerprint density at radius 2 is 1.81 bits per heavy atom. The molecule has 194 valence electrons. The lowest BCUT2D eigenvalue weighted by atomic mass is 9.90. The SMILES string of the molecule is CC(C)(C)c1cc(-c2cc(-c3ccc(C(=O)N4CCCC(CC(=O)CC5CC5)C4)cc3Cl)cs2)ccn1. The number of rotatable bonds is 7. The van der Waals surface area contributed by atoms with Crippen LogP contribution in [0.25, 0.3) is 21.6 Å². The first-order valence-electron chi connectivity index (χ1n) is 13.3. The quantitative estimate of drug-likeness (QED) is 0.308. The molecule has 0 N–H and O–H groups in total. The summed E-state index contributed by atoms with van der Waals surface area (Å²) in [5.41, 5.74) is 4.78. The first-order valence-corrected chi connectivity index (χ1v) is 14.6. The number of benzene rings is 1. The molecule has 5 rings (SSSR count). The van der Waals surface area contributed by atoms with E-state index in [2.05, 4.69) is 43.3 Å². The van der Waals surface area contributed by atoms with Crippen molar-refractivity contribution in [2.24, 2.45) is 11.8 Å². The van der Waals surface area contributed by atoms with Gasteiger partial charge in [-0.25, -0.2) is 0 Å². The van der Waals surface area contributed by atoms with Crippen molar-refractivity contribution in [2.45, 2.75) is 64.7 Å². The van der Waals surface area contributed by atoms with Crippen LogP contribution in [0.4, 0.5) is 0 Å². The molecule has 3 aromatic rings. The highest BCUT2D eigenvalue weighted by molar-refractivity contribution is 7.14. The van der Waals surface area contributed by atoms with Crippen molar-refractivity contribution in [3.05, 3.63) is 64.3 Å². The van der Waals surface area contributed by atoms with Crippen molar-refractivity contribution >= 4 is 34.6 Å². The topological polar surface area (TPSA) is 50.3 Å². The van der Waals surface area contributed by atoms with Crippen molar-refractivity contribution in [2.75, 3.05) is 13.1 Å². The monoisotopic (exact) mass is 534 g/mol. The van der Waals surface area contributed by atoms with Crippen molar-refractivity contribution in [3.8, 4) is 21.6 Å². The van der Waals surface area contributed by atoms with Gasteiger partial charge < -0.3 is 4.90 Å². The fourth-order valence-electron chi connectivity index (χ4n) is 5.15. The molecular formula is C31H35ClN2O2S. The predicted octanol–water partition coefficient (Wildman–Crippen LogP) is 8.04. The third-order valence-electron chi connectivity index (χ3n) is 7.48. The highest BCUT2D eigenvalue weighted by Gasteiger charge is 2.29. The van der Waals surface area contributed by atoms with E-state index < -0.39 is 0 Å². The van der Waals surface area contributed by atoms with Gasteiger partial charge in [0.2, 0.25) is 0 Å². The van der Waals surface area contributed by atoms with Gasteiger partial charge in [0.25, 0.3) is 5.91 Å². The molecule has 1 saturated heterocycles. The van der Waals surface area contributed by atoms with Gasteiger partial charge in [-0.15, -0.1) is 11.3 Å². The Balaban J connectivity index is 1.27. The molecule has 1 amide bonds. The summed E-state index contributed by atoms with van der Waals surface area (Å²) in [4.78, 5) is 33.3. The van der Waals surface area contributed by atoms with Crippen LogP contribution in [0.1, 0.15) is 75.3 Å². The molecule has 2 aliphatic rings. The number of ketones is 1. The zero-order chi connectivity index (χ0) is 26.2. The van der Waals surface area contributed by atoms with Crippen LogP contribution < -0.4 is 0 Å². The summed E-state index contributed by atoms with van der Waals surface area (Å²) < 4.78 is 0. The Kier molecular flexibility index (Phi) is 7.56. The second-order valence-corrected chi connectivity index (χ2v) is 13.0. The van der Waals surface area contributed by atoms with Crippen LogP contribution in [0.5, 0.6) is 0 Å². The summed E-state index contributed by atoms with van der Waals surface area (Å²) in [7, 11) is 0. The number of amides is 1. The number of nitrogens with zero attached hydrogens (tertiary/aromatic N) is 2. The third-order valence-corrected chi connectivity index (χ3v) is 8.77. The predicted molar refractivity (Wildman–Crippen MR) is 152 cm³/mol. The van der Waals surface area contributed by atoms with Crippen LogP contribution in [0.15, 0.2) is 48.0 Å². The van der Waals surface area contributed by atoms with Crippen LogP contribution >= 0.6 is 22.9 Å². The van der Waals surface area contributed by atoms with Crippen LogP contribution in [0.2, 0.25) is 5.02 Å². The molecule has 1 aromatic carbocycles. The highest BCUT2D eigenvalue weighted by atomic mass is 35.5. The Hall–Kier alpha value is -2.50. The van der Waals surface area contributed by atoms with Gasteiger partial charge in [-0.05, 0) is 84.4 Å². The minimum absolute atomic E-state index is 0.00490. The highest BCUT2D eigenvalue weighted by Crippen LogP contribution is 2.37. The van der Waals surface area contributed by atoms with E-state index in [-0.39, 0.29) is 17.2 Å². The summed E-state index contributed by atoms with van der Waals surface area (Å²) in [6.45, 7) is 7.90. The summed E-state index contributed by atoms with van der Waals surface area (Å²) in [6, 6.07) is 12.0. The molecule has 0 bridgehead atoms. The molecule has 2 aromatic heterocycles. The molecule has 0 radical (unpaired) electrons. The lowest BCUT2D eigenvalue weighted by Gasteiger charge is -2.32. The molecule has 4 nitrogen and oxygen atoms in total. The molecular weight excluding hydrogens is 500 g/mol. The largest absolute Gasteiger partial charge is 0.338 e. The van der Waals surface area contributed by atoms with E-state index in [9.17, 15) is 9.59 Å². The molecule has 1 saturated carbocycles. The van der Waals surface area contributed by atoms with Crippen LogP contribution in [-0.2, 0) is 10.2 Å². The van der Waals surface area contributed by atoms with E-state index in [0.717, 1.165) is 53.1 Å². The van der Waals surface area contributed by atoms with E-state index in [0.29, 0.717) is 35.3 Å². The zero-order valence-corrected chi connectivity index (χ0v) is 23.5. The number of pyridine rings is 1. The number of carbonyl (C=O) groups is 2. The average molecular weight is 535 g/mol. The van der Waals surface area contributed by atoms with Gasteiger partial charge in [-0.3, -0.25) is 14.6 Å². The number of hydrogen-bond donors (Lipinski definition) is 0. The van der Waals surface area contributed by atoms with Crippen LogP contribution in [0.3, 0.4) is 0 Å². The van der Waals surface area contributed by atoms with Crippen molar-refractivity contribution in [3.63, 3.8) is 0 Å². The second-order valence-electron chi connectivity index (χ2n) is 11.7. The number of likely N-dealkylation sites (tertiary alicyclic amines) is 1. The Labute approximate surface area is 229 Å². The maximum atomic E-state index is 13.3. The fourth-order valence-corrected chi connectivity index (χ4v) is 6.35. The molecule has 37 heavy (non-hydrogen) atoms. The fraction of sp³-hybridized carbons (Fsp3) is 0.452. The van der Waals surface area contributed by atoms with E-state index in [4.69, 9.17) is 11.6 Å². The lowest BCUT2D eigenvalue weighted by Crippen LogP contribution is -2.40. The smallest absolute Gasteiger partial charge is 0.253 e. The molecule has 2 fully saturated rings. The van der Waals surface area contributed by atoms with Crippen LogP contribution in [0, 0.1) is 11.8 Å². The van der Waals surface area contributed by atoms with Gasteiger partial charge >= 0.3 is 0 Å². The average Bonchev–Trinajstić information content (AvgIpc) is 3.54. The van der Waals surface area contributed by atoms with Gasteiger partial charge in [0.15, 0.2) is 0 Å². The van der Waals surface area contributed by atoms with Crippen molar-refractivity contribution < 1.29 is 9.59 Å². The number of aromatic nitrogens is 1. The first-order chi connectivity index (χ1) is 17.7. The van der Waals surface area contributed by atoms with Gasteiger partial charge in [-0.1, -0.05) is 38.4 Å². The van der Waals surface area contributed by atoms with Crippen LogP contribution in [-0.4, -0.2) is 34.7 Å². The van der Waals surface area contributed by atoms with Gasteiger partial charge in [0, 0.05) is 64.3 Å². The minimum Gasteiger partial charge on any atom is -0.338 e. The van der Waals surface area contributed by atoms with Gasteiger partial charge in [0.05, 0.1) is 0 Å². The number of carbonyl (C=O) groups excluding carboxylic acids is 2. The van der Waals surface area contributed by atoms with E-state index in [1.54, 1.807) is 17.4 Å². The molecule has 1 atom stereocenters. The molecule has 1 aliphatic carbocycles. The standard InChI is InChI=1S/C31H35ClN2O2S/c1-31(2,3)29-17-22(10-11-33-29)28-16-24(19-37-28)26-9-8-23(15-27(26)32)30(36)34-12-4-5-21(18-34)14-25(35)13-20-6-7-20/h8-11,15-17,19-21H,4-7,12-14,18H2,1-3H3. The number of thiophene rings is 1. The van der Waals surface area contributed by atoms with Gasteiger partial charge in [0.1, 0.15) is 5.78 Å². The maximum Gasteiger partial charge on any atom is 0.253 e. The Morgan fingerprint density at radius 1 is 1.03 bits per heavy atom. The Morgan fingerprint density at radius 3 is 2.54 bits per heavy atom. The van der Waals surface area contributed by atoms with E-state index >= 15 is 0 Å². The maximum absolute atomic E-state index is 13.3. The van der Waals surface area contributed by atoms with Crippen molar-refractivity contribution in [1.82, 2.24) is 9.88 Å². The molecule has 1 aliphatic heterocycles. The lowest BCUT2D eigenvalue weighted by molar-refractivity contribution is -0.120. The zero-order valence-electron chi connectivity index (χ0n) is 21.9. The molecule has 3 heterocycles.